The molecule has 0 unspecified atom stereocenters. The highest BCUT2D eigenvalue weighted by atomic mass is 35.5. The molecule has 7 heteroatoms. The number of esters is 1. The minimum Gasteiger partial charge on any atom is -0.460 e. The Balaban J connectivity index is 1.84. The van der Waals surface area contributed by atoms with E-state index in [0.717, 1.165) is 37.4 Å². The van der Waals surface area contributed by atoms with Gasteiger partial charge in [0.25, 0.3) is 0 Å². The smallest absolute Gasteiger partial charge is 0.374 e. The molecule has 0 aliphatic carbocycles. The van der Waals surface area contributed by atoms with Crippen molar-refractivity contribution in [2.45, 2.75) is 33.7 Å². The van der Waals surface area contributed by atoms with Crippen molar-refractivity contribution in [3.63, 3.8) is 0 Å². The van der Waals surface area contributed by atoms with Crippen molar-refractivity contribution in [3.8, 4) is 0 Å². The van der Waals surface area contributed by atoms with Crippen LogP contribution >= 0.6 is 11.6 Å². The quantitative estimate of drug-likeness (QED) is 0.806. The van der Waals surface area contributed by atoms with Crippen molar-refractivity contribution < 1.29 is 9.53 Å². The first-order valence-corrected chi connectivity index (χ1v) is 9.62. The highest BCUT2D eigenvalue weighted by Crippen LogP contribution is 2.32. The van der Waals surface area contributed by atoms with Crippen LogP contribution in [0.15, 0.2) is 12.1 Å². The number of fused-ring (bicyclic) bond motifs is 1. The van der Waals surface area contributed by atoms with Gasteiger partial charge in [0, 0.05) is 25.7 Å². The number of nitrogens with zero attached hydrogens (tertiary/aromatic N) is 3. The van der Waals surface area contributed by atoms with Crippen molar-refractivity contribution in [1.29, 1.82) is 0 Å². The molecule has 1 aliphatic heterocycles. The van der Waals surface area contributed by atoms with Crippen LogP contribution in [0.25, 0.3) is 11.0 Å². The number of hydrogen-bond donors (Lipinski definition) is 1. The van der Waals surface area contributed by atoms with Gasteiger partial charge in [-0.3, -0.25) is 4.90 Å². The third-order valence-corrected chi connectivity index (χ3v) is 5.06. The van der Waals surface area contributed by atoms with E-state index in [1.807, 2.05) is 26.0 Å². The van der Waals surface area contributed by atoms with E-state index < -0.39 is 5.97 Å². The Morgan fingerprint density at radius 2 is 2.19 bits per heavy atom. The number of benzene rings is 1. The molecule has 0 bridgehead atoms. The number of hydrogen-bond acceptors (Lipinski definition) is 5. The third kappa shape index (κ3) is 3.96. The lowest BCUT2D eigenvalue weighted by atomic mass is 10.1. The zero-order chi connectivity index (χ0) is 18.8. The van der Waals surface area contributed by atoms with Crippen LogP contribution in [0.1, 0.15) is 38.3 Å². The average Bonchev–Trinajstić information content (AvgIpc) is 3.01. The van der Waals surface area contributed by atoms with Crippen LogP contribution in [0.3, 0.4) is 0 Å². The molecule has 0 saturated carbocycles. The fourth-order valence-corrected chi connectivity index (χ4v) is 3.59. The van der Waals surface area contributed by atoms with Crippen LogP contribution in [0.5, 0.6) is 0 Å². The maximum atomic E-state index is 12.1. The van der Waals surface area contributed by atoms with Gasteiger partial charge in [-0.15, -0.1) is 0 Å². The predicted octanol–water partition coefficient (Wildman–Crippen LogP) is 3.56. The summed E-state index contributed by atoms with van der Waals surface area (Å²) in [6.45, 7) is 12.8. The number of ether oxygens (including phenoxy) is 1. The van der Waals surface area contributed by atoms with E-state index in [0.29, 0.717) is 23.2 Å². The Morgan fingerprint density at radius 3 is 2.85 bits per heavy atom. The minimum atomic E-state index is -0.433. The van der Waals surface area contributed by atoms with Gasteiger partial charge in [0.2, 0.25) is 5.82 Å². The second kappa shape index (κ2) is 7.84. The molecular weight excluding hydrogens is 352 g/mol. The maximum absolute atomic E-state index is 12.1. The van der Waals surface area contributed by atoms with Crippen LogP contribution in [0, 0.1) is 5.92 Å². The van der Waals surface area contributed by atoms with Gasteiger partial charge in [0.05, 0.1) is 28.4 Å². The SMILES string of the molecule is CCN1CCN(c2cc3[nH]c(C(=O)OCC(C)C)nc3cc2Cl)[C@@H](C)C1. The van der Waals surface area contributed by atoms with Gasteiger partial charge in [-0.1, -0.05) is 32.4 Å². The van der Waals surface area contributed by atoms with Crippen LogP contribution in [-0.4, -0.2) is 59.7 Å². The van der Waals surface area contributed by atoms with Gasteiger partial charge in [0.1, 0.15) is 0 Å². The molecule has 1 fully saturated rings. The summed E-state index contributed by atoms with van der Waals surface area (Å²) in [4.78, 5) is 24.3. The first kappa shape index (κ1) is 19.0. The van der Waals surface area contributed by atoms with Gasteiger partial charge < -0.3 is 14.6 Å². The Kier molecular flexibility index (Phi) is 5.73. The number of anilines is 1. The van der Waals surface area contributed by atoms with Gasteiger partial charge in [-0.2, -0.15) is 0 Å². The summed E-state index contributed by atoms with van der Waals surface area (Å²) in [7, 11) is 0. The number of imidazole rings is 1. The van der Waals surface area contributed by atoms with Crippen LogP contribution in [0.4, 0.5) is 5.69 Å². The zero-order valence-corrected chi connectivity index (χ0v) is 16.6. The average molecular weight is 379 g/mol. The van der Waals surface area contributed by atoms with Crippen molar-refractivity contribution in [1.82, 2.24) is 14.9 Å². The molecule has 2 aromatic rings. The highest BCUT2D eigenvalue weighted by Gasteiger charge is 2.25. The second-order valence-corrected chi connectivity index (χ2v) is 7.74. The molecule has 3 rings (SSSR count). The monoisotopic (exact) mass is 378 g/mol. The Labute approximate surface area is 159 Å². The highest BCUT2D eigenvalue weighted by molar-refractivity contribution is 6.34. The lowest BCUT2D eigenvalue weighted by molar-refractivity contribution is 0.0446. The molecule has 1 aromatic heterocycles. The minimum absolute atomic E-state index is 0.220. The maximum Gasteiger partial charge on any atom is 0.374 e. The summed E-state index contributed by atoms with van der Waals surface area (Å²) >= 11 is 6.54. The number of carbonyl (C=O) groups excluding carboxylic acids is 1. The first-order valence-electron chi connectivity index (χ1n) is 9.24. The lowest BCUT2D eigenvalue weighted by Crippen LogP contribution is -2.51. The van der Waals surface area contributed by atoms with Crippen molar-refractivity contribution in [2.24, 2.45) is 5.92 Å². The molecule has 1 saturated heterocycles. The molecule has 142 valence electrons. The first-order chi connectivity index (χ1) is 12.4. The van der Waals surface area contributed by atoms with E-state index in [1.165, 1.54) is 0 Å². The van der Waals surface area contributed by atoms with Crippen LogP contribution < -0.4 is 4.90 Å². The van der Waals surface area contributed by atoms with Crippen LogP contribution in [-0.2, 0) is 4.74 Å². The molecule has 2 heterocycles. The summed E-state index contributed by atoms with van der Waals surface area (Å²) in [5, 5.41) is 0.655. The van der Waals surface area contributed by atoms with E-state index in [1.54, 1.807) is 0 Å². The molecule has 1 aliphatic rings. The molecule has 6 nitrogen and oxygen atoms in total. The van der Waals surface area contributed by atoms with Gasteiger partial charge in [-0.05, 0) is 31.5 Å². The molecular formula is C19H27ClN4O2. The fourth-order valence-electron chi connectivity index (χ4n) is 3.33. The van der Waals surface area contributed by atoms with Crippen molar-refractivity contribution in [2.75, 3.05) is 37.7 Å². The summed E-state index contributed by atoms with van der Waals surface area (Å²) in [5.41, 5.74) is 2.45. The number of H-pyrrole nitrogens is 1. The third-order valence-electron chi connectivity index (χ3n) is 4.76. The number of nitrogens with one attached hydrogen (secondary N) is 1. The fraction of sp³-hybridized carbons (Fsp3) is 0.579. The van der Waals surface area contributed by atoms with Crippen molar-refractivity contribution in [3.05, 3.63) is 23.0 Å². The van der Waals surface area contributed by atoms with Crippen molar-refractivity contribution >= 4 is 34.3 Å². The van der Waals surface area contributed by atoms with E-state index in [-0.39, 0.29) is 11.7 Å². The molecule has 0 radical (unpaired) electrons. The van der Waals surface area contributed by atoms with Gasteiger partial charge in [0.15, 0.2) is 0 Å². The summed E-state index contributed by atoms with van der Waals surface area (Å²) < 4.78 is 5.26. The summed E-state index contributed by atoms with van der Waals surface area (Å²) in [6, 6.07) is 4.18. The van der Waals surface area contributed by atoms with Gasteiger partial charge >= 0.3 is 5.97 Å². The van der Waals surface area contributed by atoms with Gasteiger partial charge in [-0.25, -0.2) is 9.78 Å². The molecule has 1 aromatic carbocycles. The Morgan fingerprint density at radius 1 is 1.42 bits per heavy atom. The van der Waals surface area contributed by atoms with E-state index in [2.05, 4.69) is 33.6 Å². The number of aromatic nitrogens is 2. The number of carbonyl (C=O) groups is 1. The molecule has 0 spiro atoms. The number of piperazine rings is 1. The zero-order valence-electron chi connectivity index (χ0n) is 15.9. The predicted molar refractivity (Wildman–Crippen MR) is 105 cm³/mol. The topological polar surface area (TPSA) is 61.5 Å². The normalized spacial score (nSPS) is 18.7. The Hall–Kier alpha value is -1.79. The lowest BCUT2D eigenvalue weighted by Gasteiger charge is -2.41. The number of halogens is 1. The molecule has 1 N–H and O–H groups in total. The standard InChI is InChI=1S/C19H27ClN4O2/c1-5-23-6-7-24(13(4)10-23)17-9-16-15(8-14(17)20)21-18(22-16)19(25)26-11-12(2)3/h8-9,12-13H,5-7,10-11H2,1-4H3,(H,21,22)/t13-/m0/s1. The number of aromatic amines is 1. The molecule has 0 amide bonds. The van der Waals surface area contributed by atoms with Crippen LogP contribution in [0.2, 0.25) is 5.02 Å². The Bertz CT molecular complexity index is 789. The summed E-state index contributed by atoms with van der Waals surface area (Å²) in [6.07, 6.45) is 0. The summed E-state index contributed by atoms with van der Waals surface area (Å²) in [5.74, 6) is 0.0721. The van der Waals surface area contributed by atoms with E-state index in [9.17, 15) is 4.79 Å². The van der Waals surface area contributed by atoms with E-state index >= 15 is 0 Å². The largest absolute Gasteiger partial charge is 0.460 e. The van der Waals surface area contributed by atoms with E-state index in [4.69, 9.17) is 16.3 Å². The molecule has 26 heavy (non-hydrogen) atoms. The molecule has 1 atom stereocenters. The number of rotatable bonds is 5. The number of likely N-dealkylation sites (N-methyl/N-ethyl adjacent to an activating group) is 1. The second-order valence-electron chi connectivity index (χ2n) is 7.33.